The zero-order valence-corrected chi connectivity index (χ0v) is 9.26. The minimum atomic E-state index is -0.660. The van der Waals surface area contributed by atoms with E-state index >= 15 is 0 Å². The average molecular weight is 224 g/mol. The summed E-state index contributed by atoms with van der Waals surface area (Å²) >= 11 is 0. The minimum Gasteiger partial charge on any atom is -0.320 e. The molecule has 0 aliphatic carbocycles. The highest BCUT2D eigenvalue weighted by Crippen LogP contribution is 2.17. The molecule has 0 bridgehead atoms. The number of rotatable bonds is 3. The van der Waals surface area contributed by atoms with Crippen molar-refractivity contribution in [1.29, 1.82) is 0 Å². The molecule has 2 N–H and O–H groups in total. The fraction of sp³-hybridized carbons (Fsp3) is 0.143. The molecule has 2 aromatic rings. The van der Waals surface area contributed by atoms with Gasteiger partial charge in [0.05, 0.1) is 11.6 Å². The Morgan fingerprint density at radius 1 is 1.41 bits per heavy atom. The summed E-state index contributed by atoms with van der Waals surface area (Å²) in [5.41, 5.74) is 6.94. The molecule has 0 aliphatic heterocycles. The van der Waals surface area contributed by atoms with Gasteiger partial charge < -0.3 is 5.73 Å². The van der Waals surface area contributed by atoms with Gasteiger partial charge in [0.25, 0.3) is 0 Å². The average Bonchev–Trinajstić information content (AvgIpc) is 2.37. The Kier molecular flexibility index (Phi) is 3.17. The van der Waals surface area contributed by atoms with Crippen molar-refractivity contribution in [2.75, 3.05) is 0 Å². The number of pyridine rings is 1. The zero-order valence-electron chi connectivity index (χ0n) is 9.26. The summed E-state index contributed by atoms with van der Waals surface area (Å²) in [5, 5.41) is 0.922. The number of hydrogen-bond donors (Lipinski definition) is 1. The minimum absolute atomic E-state index is 0.160. The molecular weight excluding hydrogens is 212 g/mol. The smallest absolute Gasteiger partial charge is 0.182 e. The number of carbonyl (C=O) groups excluding carboxylic acids is 1. The lowest BCUT2D eigenvalue weighted by Gasteiger charge is -2.09. The SMILES string of the molecule is C#CCC(N)C(=O)c1cccc2cccnc12. The summed E-state index contributed by atoms with van der Waals surface area (Å²) in [6, 6.07) is 8.54. The van der Waals surface area contributed by atoms with Crippen LogP contribution >= 0.6 is 0 Å². The molecule has 1 unspecified atom stereocenters. The number of hydrogen-bond acceptors (Lipinski definition) is 3. The number of Topliss-reactive ketones (excluding diaryl/α,β-unsaturated/α-hetero) is 1. The molecule has 0 spiro atoms. The van der Waals surface area contributed by atoms with E-state index in [-0.39, 0.29) is 12.2 Å². The first-order chi connectivity index (χ1) is 8.24. The molecule has 0 saturated heterocycles. The van der Waals surface area contributed by atoms with Gasteiger partial charge in [0.1, 0.15) is 0 Å². The summed E-state index contributed by atoms with van der Waals surface area (Å²) in [6.07, 6.45) is 7.06. The van der Waals surface area contributed by atoms with Crippen LogP contribution in [-0.4, -0.2) is 16.8 Å². The highest BCUT2D eigenvalue weighted by molar-refractivity contribution is 6.09. The summed E-state index contributed by atoms with van der Waals surface area (Å²) in [5.74, 6) is 2.24. The molecule has 17 heavy (non-hydrogen) atoms. The van der Waals surface area contributed by atoms with Crippen molar-refractivity contribution in [1.82, 2.24) is 4.98 Å². The first-order valence-corrected chi connectivity index (χ1v) is 5.31. The third kappa shape index (κ3) is 2.17. The Bertz CT molecular complexity index is 593. The second kappa shape index (κ2) is 4.77. The lowest BCUT2D eigenvalue weighted by atomic mass is 10.00. The Labute approximate surface area is 99.7 Å². The van der Waals surface area contributed by atoms with Crippen LogP contribution in [0.5, 0.6) is 0 Å². The van der Waals surface area contributed by atoms with E-state index in [1.165, 1.54) is 0 Å². The fourth-order valence-corrected chi connectivity index (χ4v) is 1.72. The van der Waals surface area contributed by atoms with Gasteiger partial charge in [-0.3, -0.25) is 9.78 Å². The number of aromatic nitrogens is 1. The van der Waals surface area contributed by atoms with Crippen molar-refractivity contribution in [3.63, 3.8) is 0 Å². The van der Waals surface area contributed by atoms with Gasteiger partial charge in [-0.2, -0.15) is 0 Å². The van der Waals surface area contributed by atoms with Crippen LogP contribution in [0.4, 0.5) is 0 Å². The highest BCUT2D eigenvalue weighted by Gasteiger charge is 2.17. The molecule has 1 heterocycles. The van der Waals surface area contributed by atoms with E-state index < -0.39 is 6.04 Å². The van der Waals surface area contributed by atoms with Gasteiger partial charge in [-0.05, 0) is 12.1 Å². The van der Waals surface area contributed by atoms with Crippen LogP contribution in [0.15, 0.2) is 36.5 Å². The van der Waals surface area contributed by atoms with E-state index in [1.54, 1.807) is 12.3 Å². The lowest BCUT2D eigenvalue weighted by Crippen LogP contribution is -2.30. The van der Waals surface area contributed by atoms with E-state index in [1.807, 2.05) is 24.3 Å². The molecule has 0 radical (unpaired) electrons. The molecule has 3 nitrogen and oxygen atoms in total. The van der Waals surface area contributed by atoms with Gasteiger partial charge in [0, 0.05) is 23.6 Å². The van der Waals surface area contributed by atoms with Crippen LogP contribution in [0.3, 0.4) is 0 Å². The van der Waals surface area contributed by atoms with Crippen molar-refractivity contribution in [2.45, 2.75) is 12.5 Å². The first kappa shape index (κ1) is 11.3. The largest absolute Gasteiger partial charge is 0.320 e. The molecule has 3 heteroatoms. The molecule has 84 valence electrons. The third-order valence-electron chi connectivity index (χ3n) is 2.57. The van der Waals surface area contributed by atoms with Crippen molar-refractivity contribution < 1.29 is 4.79 Å². The maximum Gasteiger partial charge on any atom is 0.182 e. The first-order valence-electron chi connectivity index (χ1n) is 5.31. The number of ketones is 1. The molecule has 0 saturated carbocycles. The van der Waals surface area contributed by atoms with Gasteiger partial charge >= 0.3 is 0 Å². The van der Waals surface area contributed by atoms with Crippen LogP contribution in [0, 0.1) is 12.3 Å². The second-order valence-corrected chi connectivity index (χ2v) is 3.76. The highest BCUT2D eigenvalue weighted by atomic mass is 16.1. The van der Waals surface area contributed by atoms with Crippen molar-refractivity contribution >= 4 is 16.7 Å². The topological polar surface area (TPSA) is 56.0 Å². The van der Waals surface area contributed by atoms with Gasteiger partial charge in [0.15, 0.2) is 5.78 Å². The Morgan fingerprint density at radius 3 is 2.94 bits per heavy atom. The predicted molar refractivity (Wildman–Crippen MR) is 67.5 cm³/mol. The van der Waals surface area contributed by atoms with Crippen LogP contribution in [0.25, 0.3) is 10.9 Å². The van der Waals surface area contributed by atoms with E-state index in [0.29, 0.717) is 11.1 Å². The maximum atomic E-state index is 12.1. The number of nitrogens with two attached hydrogens (primary N) is 1. The van der Waals surface area contributed by atoms with Crippen LogP contribution in [0.2, 0.25) is 0 Å². The van der Waals surface area contributed by atoms with Crippen molar-refractivity contribution in [3.8, 4) is 12.3 Å². The van der Waals surface area contributed by atoms with Gasteiger partial charge in [-0.15, -0.1) is 12.3 Å². The molecule has 1 aromatic heterocycles. The van der Waals surface area contributed by atoms with E-state index in [2.05, 4.69) is 10.9 Å². The standard InChI is InChI=1S/C14H12N2O/c1-2-5-12(15)14(17)11-8-3-6-10-7-4-9-16-13(10)11/h1,3-4,6-9,12H,5,15H2. The maximum absolute atomic E-state index is 12.1. The van der Waals surface area contributed by atoms with Gasteiger partial charge in [0.2, 0.25) is 0 Å². The van der Waals surface area contributed by atoms with Crippen molar-refractivity contribution in [2.24, 2.45) is 5.73 Å². The zero-order chi connectivity index (χ0) is 12.3. The summed E-state index contributed by atoms with van der Waals surface area (Å²) in [6.45, 7) is 0. The lowest BCUT2D eigenvalue weighted by molar-refractivity contribution is 0.0964. The van der Waals surface area contributed by atoms with E-state index in [9.17, 15) is 4.79 Å². The predicted octanol–water partition coefficient (Wildman–Crippen LogP) is 1.77. The number of carbonyl (C=O) groups is 1. The molecule has 0 amide bonds. The number of nitrogens with zero attached hydrogens (tertiary/aromatic N) is 1. The molecule has 2 rings (SSSR count). The second-order valence-electron chi connectivity index (χ2n) is 3.76. The third-order valence-corrected chi connectivity index (χ3v) is 2.57. The Balaban J connectivity index is 2.49. The van der Waals surface area contributed by atoms with Crippen LogP contribution < -0.4 is 5.73 Å². The Morgan fingerprint density at radius 2 is 2.18 bits per heavy atom. The van der Waals surface area contributed by atoms with Crippen LogP contribution in [0.1, 0.15) is 16.8 Å². The monoisotopic (exact) mass is 224 g/mol. The molecule has 1 atom stereocenters. The number of benzene rings is 1. The molecular formula is C14H12N2O. The van der Waals surface area contributed by atoms with Gasteiger partial charge in [-0.25, -0.2) is 0 Å². The van der Waals surface area contributed by atoms with Crippen LogP contribution in [-0.2, 0) is 0 Å². The molecule has 0 aliphatic rings. The normalized spacial score (nSPS) is 12.0. The summed E-state index contributed by atoms with van der Waals surface area (Å²) < 4.78 is 0. The summed E-state index contributed by atoms with van der Waals surface area (Å²) in [7, 11) is 0. The Hall–Kier alpha value is -2.18. The fourth-order valence-electron chi connectivity index (χ4n) is 1.72. The number of fused-ring (bicyclic) bond motifs is 1. The van der Waals surface area contributed by atoms with Gasteiger partial charge in [-0.1, -0.05) is 18.2 Å². The molecule has 1 aromatic carbocycles. The van der Waals surface area contributed by atoms with Crippen molar-refractivity contribution in [3.05, 3.63) is 42.1 Å². The quantitative estimate of drug-likeness (QED) is 0.638. The summed E-state index contributed by atoms with van der Waals surface area (Å²) in [4.78, 5) is 16.3. The van der Waals surface area contributed by atoms with E-state index in [4.69, 9.17) is 12.2 Å². The molecule has 0 fully saturated rings. The number of para-hydroxylation sites is 1. The number of terminal acetylenes is 1. The van der Waals surface area contributed by atoms with E-state index in [0.717, 1.165) is 5.39 Å².